The van der Waals surface area contributed by atoms with Gasteiger partial charge in [-0.25, -0.2) is 5.43 Å². The number of rotatable bonds is 3. The van der Waals surface area contributed by atoms with Gasteiger partial charge in [0.25, 0.3) is 11.8 Å². The van der Waals surface area contributed by atoms with Crippen LogP contribution in [0.2, 0.25) is 0 Å². The highest BCUT2D eigenvalue weighted by Gasteiger charge is 2.41. The lowest BCUT2D eigenvalue weighted by molar-refractivity contribution is -0.141. The Morgan fingerprint density at radius 2 is 1.76 bits per heavy atom. The maximum atomic E-state index is 13.3. The van der Waals surface area contributed by atoms with Crippen LogP contribution in [0.4, 0.5) is 32.0 Å². The second-order valence-electron chi connectivity index (χ2n) is 7.79. The standard InChI is InChI=1S/C21H16F6N4O2/c22-20(23,24)12-3-4-15(13(8-12)11-2-5-16(28-10-11)21(25,26)27)29-17(32)14-9-19(6-1-7-19)31-30-18(14)33/h2-5,8-10,31H,1,6-7H2,(H,29,32)(H,30,33). The summed E-state index contributed by atoms with van der Waals surface area (Å²) < 4.78 is 78.2. The van der Waals surface area contributed by atoms with E-state index < -0.39 is 41.0 Å². The van der Waals surface area contributed by atoms with E-state index in [9.17, 15) is 35.9 Å². The Hall–Kier alpha value is -3.41. The molecule has 1 saturated carbocycles. The molecule has 3 N–H and O–H groups in total. The third-order valence-corrected chi connectivity index (χ3v) is 5.54. The molecule has 0 saturated heterocycles. The number of pyridine rings is 1. The minimum Gasteiger partial charge on any atom is -0.321 e. The fraction of sp³-hybridized carbons (Fsp3) is 0.286. The second kappa shape index (κ2) is 7.87. The van der Waals surface area contributed by atoms with Gasteiger partial charge in [-0.05, 0) is 49.6 Å². The zero-order valence-electron chi connectivity index (χ0n) is 16.7. The van der Waals surface area contributed by atoms with Gasteiger partial charge >= 0.3 is 12.4 Å². The zero-order chi connectivity index (χ0) is 24.0. The van der Waals surface area contributed by atoms with E-state index in [1.54, 1.807) is 0 Å². The Bertz CT molecular complexity index is 1130. The average Bonchev–Trinajstić information content (AvgIpc) is 2.72. The summed E-state index contributed by atoms with van der Waals surface area (Å²) in [5, 5.41) is 2.41. The Labute approximate surface area is 183 Å². The predicted molar refractivity (Wildman–Crippen MR) is 104 cm³/mol. The summed E-state index contributed by atoms with van der Waals surface area (Å²) in [4.78, 5) is 28.2. The van der Waals surface area contributed by atoms with E-state index in [1.165, 1.54) is 6.08 Å². The molecule has 12 heteroatoms. The molecule has 174 valence electrons. The molecule has 1 aliphatic carbocycles. The first kappa shape index (κ1) is 22.8. The van der Waals surface area contributed by atoms with E-state index >= 15 is 0 Å². The fourth-order valence-electron chi connectivity index (χ4n) is 3.60. The zero-order valence-corrected chi connectivity index (χ0v) is 16.7. The normalized spacial score (nSPS) is 17.8. The van der Waals surface area contributed by atoms with Gasteiger partial charge in [-0.2, -0.15) is 26.3 Å². The van der Waals surface area contributed by atoms with Crippen molar-refractivity contribution in [3.63, 3.8) is 0 Å². The summed E-state index contributed by atoms with van der Waals surface area (Å²) in [5.74, 6) is -1.57. The number of carbonyl (C=O) groups is 2. The van der Waals surface area contributed by atoms with Gasteiger partial charge in [-0.1, -0.05) is 6.07 Å². The van der Waals surface area contributed by atoms with Crippen molar-refractivity contribution in [1.29, 1.82) is 0 Å². The highest BCUT2D eigenvalue weighted by Crippen LogP contribution is 2.38. The molecule has 2 heterocycles. The number of hydrogen-bond donors (Lipinski definition) is 3. The van der Waals surface area contributed by atoms with E-state index in [0.717, 1.165) is 30.8 Å². The summed E-state index contributed by atoms with van der Waals surface area (Å²) in [6.07, 6.45) is -4.94. The van der Waals surface area contributed by atoms with E-state index in [0.29, 0.717) is 25.0 Å². The molecule has 33 heavy (non-hydrogen) atoms. The second-order valence-corrected chi connectivity index (χ2v) is 7.79. The van der Waals surface area contributed by atoms with Crippen molar-refractivity contribution >= 4 is 17.5 Å². The first-order valence-corrected chi connectivity index (χ1v) is 9.75. The van der Waals surface area contributed by atoms with Crippen molar-refractivity contribution in [2.24, 2.45) is 0 Å². The Balaban J connectivity index is 1.71. The van der Waals surface area contributed by atoms with E-state index in [4.69, 9.17) is 0 Å². The van der Waals surface area contributed by atoms with Crippen LogP contribution >= 0.6 is 0 Å². The number of hydrogen-bond acceptors (Lipinski definition) is 4. The van der Waals surface area contributed by atoms with Gasteiger partial charge in [0.1, 0.15) is 11.3 Å². The van der Waals surface area contributed by atoms with Gasteiger partial charge in [0, 0.05) is 23.0 Å². The summed E-state index contributed by atoms with van der Waals surface area (Å²) in [5.41, 5.74) is 1.77. The number of alkyl halides is 6. The summed E-state index contributed by atoms with van der Waals surface area (Å²) in [7, 11) is 0. The number of amides is 2. The van der Waals surface area contributed by atoms with Gasteiger partial charge < -0.3 is 5.32 Å². The molecule has 2 aromatic rings. The number of anilines is 1. The molecule has 1 aromatic heterocycles. The van der Waals surface area contributed by atoms with Crippen molar-refractivity contribution in [2.75, 3.05) is 5.32 Å². The number of hydrazine groups is 1. The molecular formula is C21H16F6N4O2. The molecule has 1 fully saturated rings. The number of carbonyl (C=O) groups excluding carboxylic acids is 2. The molecule has 1 aromatic carbocycles. The van der Waals surface area contributed by atoms with Gasteiger partial charge in [0.15, 0.2) is 0 Å². The number of benzene rings is 1. The van der Waals surface area contributed by atoms with E-state index in [-0.39, 0.29) is 22.4 Å². The molecule has 0 radical (unpaired) electrons. The monoisotopic (exact) mass is 470 g/mol. The molecule has 0 atom stereocenters. The first-order valence-electron chi connectivity index (χ1n) is 9.75. The molecule has 1 spiro atoms. The molecule has 2 amide bonds. The highest BCUT2D eigenvalue weighted by molar-refractivity contribution is 6.23. The molecule has 0 bridgehead atoms. The van der Waals surface area contributed by atoms with Crippen LogP contribution < -0.4 is 16.2 Å². The molecular weight excluding hydrogens is 454 g/mol. The number of halogens is 6. The fourth-order valence-corrected chi connectivity index (χ4v) is 3.60. The molecule has 1 aliphatic heterocycles. The van der Waals surface area contributed by atoms with Crippen molar-refractivity contribution < 1.29 is 35.9 Å². The molecule has 2 aliphatic rings. The Morgan fingerprint density at radius 1 is 1.03 bits per heavy atom. The topological polar surface area (TPSA) is 83.1 Å². The number of nitrogens with one attached hydrogen (secondary N) is 3. The van der Waals surface area contributed by atoms with Crippen LogP contribution in [0.5, 0.6) is 0 Å². The lowest BCUT2D eigenvalue weighted by Gasteiger charge is -2.42. The van der Waals surface area contributed by atoms with Crippen molar-refractivity contribution in [2.45, 2.75) is 37.2 Å². The predicted octanol–water partition coefficient (Wildman–Crippen LogP) is 4.21. The minimum atomic E-state index is -4.73. The van der Waals surface area contributed by atoms with Crippen LogP contribution in [-0.2, 0) is 21.9 Å². The van der Waals surface area contributed by atoms with Crippen LogP contribution in [0.3, 0.4) is 0 Å². The smallest absolute Gasteiger partial charge is 0.321 e. The van der Waals surface area contributed by atoms with Crippen molar-refractivity contribution in [1.82, 2.24) is 15.8 Å². The van der Waals surface area contributed by atoms with Gasteiger partial charge in [0.2, 0.25) is 0 Å². The third-order valence-electron chi connectivity index (χ3n) is 5.54. The first-order chi connectivity index (χ1) is 15.4. The summed E-state index contributed by atoms with van der Waals surface area (Å²) in [6.45, 7) is 0. The van der Waals surface area contributed by atoms with Crippen LogP contribution in [0.25, 0.3) is 11.1 Å². The molecule has 6 nitrogen and oxygen atoms in total. The highest BCUT2D eigenvalue weighted by atomic mass is 19.4. The lowest BCUT2D eigenvalue weighted by Crippen LogP contribution is -2.61. The largest absolute Gasteiger partial charge is 0.433 e. The van der Waals surface area contributed by atoms with Crippen LogP contribution in [0.15, 0.2) is 48.2 Å². The summed E-state index contributed by atoms with van der Waals surface area (Å²) in [6, 6.07) is 3.99. The molecule has 0 unspecified atom stereocenters. The quantitative estimate of drug-likeness (QED) is 0.464. The lowest BCUT2D eigenvalue weighted by atomic mass is 9.75. The molecule has 4 rings (SSSR count). The van der Waals surface area contributed by atoms with Crippen LogP contribution in [0.1, 0.15) is 30.5 Å². The maximum absolute atomic E-state index is 13.3. The van der Waals surface area contributed by atoms with Crippen molar-refractivity contribution in [3.05, 3.63) is 59.4 Å². The van der Waals surface area contributed by atoms with Gasteiger partial charge in [-0.15, -0.1) is 0 Å². The SMILES string of the molecule is O=C1NNC2(C=C1C(=O)Nc1ccc(C(F)(F)F)cc1-c1ccc(C(F)(F)F)nc1)CCC2. The summed E-state index contributed by atoms with van der Waals surface area (Å²) >= 11 is 0. The maximum Gasteiger partial charge on any atom is 0.433 e. The number of nitrogens with zero attached hydrogens (tertiary/aromatic N) is 1. The van der Waals surface area contributed by atoms with E-state index in [2.05, 4.69) is 21.2 Å². The Kier molecular flexibility index (Phi) is 5.43. The van der Waals surface area contributed by atoms with E-state index in [1.807, 2.05) is 0 Å². The average molecular weight is 470 g/mol. The van der Waals surface area contributed by atoms with Gasteiger partial charge in [0.05, 0.1) is 11.1 Å². The minimum absolute atomic E-state index is 0.0800. The Morgan fingerprint density at radius 3 is 2.30 bits per heavy atom. The van der Waals surface area contributed by atoms with Crippen LogP contribution in [0, 0.1) is 0 Å². The van der Waals surface area contributed by atoms with Gasteiger partial charge in [-0.3, -0.25) is 20.0 Å². The van der Waals surface area contributed by atoms with Crippen LogP contribution in [-0.4, -0.2) is 22.3 Å². The van der Waals surface area contributed by atoms with Crippen molar-refractivity contribution in [3.8, 4) is 11.1 Å². The third kappa shape index (κ3) is 4.56. The number of aromatic nitrogens is 1.